The minimum atomic E-state index is 0.567. The van der Waals surface area contributed by atoms with Gasteiger partial charge in [-0.2, -0.15) is 10.1 Å². The Labute approximate surface area is 171 Å². The molecule has 5 nitrogen and oxygen atoms in total. The lowest BCUT2D eigenvalue weighted by Gasteiger charge is -2.07. The van der Waals surface area contributed by atoms with Gasteiger partial charge in [0.1, 0.15) is 0 Å². The van der Waals surface area contributed by atoms with Crippen LogP contribution < -0.4 is 0 Å². The van der Waals surface area contributed by atoms with Crippen LogP contribution in [0.15, 0.2) is 67.3 Å². The Kier molecular flexibility index (Phi) is 5.35. The predicted octanol–water partition coefficient (Wildman–Crippen LogP) is 4.53. The summed E-state index contributed by atoms with van der Waals surface area (Å²) in [6, 6.07) is 18.1. The monoisotopic (exact) mass is 381 g/mol. The number of hydrogen-bond acceptors (Lipinski definition) is 4. The summed E-state index contributed by atoms with van der Waals surface area (Å²) in [5.41, 5.74) is 5.52. The van der Waals surface area contributed by atoms with Gasteiger partial charge in [0.05, 0.1) is 18.2 Å². The minimum Gasteiger partial charge on any atom is -0.192 e. The van der Waals surface area contributed by atoms with Crippen LogP contribution in [-0.4, -0.2) is 20.2 Å². The van der Waals surface area contributed by atoms with Crippen LogP contribution in [0.2, 0.25) is 0 Å². The molecule has 1 fully saturated rings. The standard InChI is InChI=1S/C24H23N5/c1-17(2)21-7-3-4-8-22(21)23-15-20(23)6-5-13-29-27-24(26-28-29)14-18-9-11-19(16-25)12-10-18/h3-12,20,23H,1,13-15H2,2H3/b6-5+. The lowest BCUT2D eigenvalue weighted by molar-refractivity contribution is 0.579. The van der Waals surface area contributed by atoms with E-state index in [2.05, 4.69) is 71.4 Å². The largest absolute Gasteiger partial charge is 0.192 e. The quantitative estimate of drug-likeness (QED) is 0.564. The van der Waals surface area contributed by atoms with Gasteiger partial charge in [-0.15, -0.1) is 10.2 Å². The van der Waals surface area contributed by atoms with Crippen LogP contribution in [0.3, 0.4) is 0 Å². The van der Waals surface area contributed by atoms with E-state index in [9.17, 15) is 0 Å². The number of tetrazole rings is 1. The van der Waals surface area contributed by atoms with Gasteiger partial charge in [-0.05, 0) is 59.2 Å². The molecular formula is C24H23N5. The van der Waals surface area contributed by atoms with Gasteiger partial charge < -0.3 is 0 Å². The molecule has 0 saturated heterocycles. The van der Waals surface area contributed by atoms with Gasteiger partial charge >= 0.3 is 0 Å². The zero-order chi connectivity index (χ0) is 20.2. The maximum absolute atomic E-state index is 8.87. The van der Waals surface area contributed by atoms with Crippen molar-refractivity contribution >= 4 is 5.57 Å². The summed E-state index contributed by atoms with van der Waals surface area (Å²) in [6.07, 6.45) is 6.18. The Morgan fingerprint density at radius 2 is 2.03 bits per heavy atom. The van der Waals surface area contributed by atoms with Gasteiger partial charge in [-0.1, -0.05) is 60.7 Å². The third-order valence-corrected chi connectivity index (χ3v) is 5.25. The second-order valence-electron chi connectivity index (χ2n) is 7.55. The van der Waals surface area contributed by atoms with E-state index < -0.39 is 0 Å². The molecule has 0 radical (unpaired) electrons. The van der Waals surface area contributed by atoms with Crippen LogP contribution in [0, 0.1) is 17.2 Å². The normalized spacial score (nSPS) is 17.9. The molecule has 1 heterocycles. The van der Waals surface area contributed by atoms with E-state index in [-0.39, 0.29) is 0 Å². The number of nitrogens with zero attached hydrogens (tertiary/aromatic N) is 5. The first-order chi connectivity index (χ1) is 14.1. The molecule has 1 aliphatic carbocycles. The van der Waals surface area contributed by atoms with Crippen LogP contribution in [0.25, 0.3) is 5.57 Å². The summed E-state index contributed by atoms with van der Waals surface area (Å²) in [5.74, 6) is 1.83. The Morgan fingerprint density at radius 3 is 2.79 bits per heavy atom. The summed E-state index contributed by atoms with van der Waals surface area (Å²) in [6.45, 7) is 6.79. The van der Waals surface area contributed by atoms with Gasteiger partial charge in [0.25, 0.3) is 0 Å². The highest BCUT2D eigenvalue weighted by Crippen LogP contribution is 2.50. The fourth-order valence-corrected chi connectivity index (χ4v) is 3.63. The van der Waals surface area contributed by atoms with Crippen LogP contribution in [0.5, 0.6) is 0 Å². The SMILES string of the molecule is C=C(C)c1ccccc1C1CC1/C=C/Cn1nnc(Cc2ccc(C#N)cc2)n1. The van der Waals surface area contributed by atoms with Gasteiger partial charge in [-0.25, -0.2) is 0 Å². The third-order valence-electron chi connectivity index (χ3n) is 5.25. The molecule has 3 aromatic rings. The van der Waals surface area contributed by atoms with Crippen molar-refractivity contribution in [3.63, 3.8) is 0 Å². The minimum absolute atomic E-state index is 0.567. The Morgan fingerprint density at radius 1 is 1.24 bits per heavy atom. The highest BCUT2D eigenvalue weighted by Gasteiger charge is 2.37. The molecule has 2 aromatic carbocycles. The van der Waals surface area contributed by atoms with Gasteiger partial charge in [-0.3, -0.25) is 0 Å². The Balaban J connectivity index is 1.32. The fourth-order valence-electron chi connectivity index (χ4n) is 3.63. The molecule has 144 valence electrons. The van der Waals surface area contributed by atoms with Crippen molar-refractivity contribution in [2.24, 2.45) is 5.92 Å². The van der Waals surface area contributed by atoms with Gasteiger partial charge in [0.2, 0.25) is 0 Å². The second-order valence-corrected chi connectivity index (χ2v) is 7.55. The van der Waals surface area contributed by atoms with E-state index >= 15 is 0 Å². The van der Waals surface area contributed by atoms with Crippen molar-refractivity contribution in [2.45, 2.75) is 32.2 Å². The lowest BCUT2D eigenvalue weighted by Crippen LogP contribution is -2.01. The molecule has 1 saturated carbocycles. The number of hydrogen-bond donors (Lipinski definition) is 0. The zero-order valence-corrected chi connectivity index (χ0v) is 16.5. The third kappa shape index (κ3) is 4.49. The molecule has 2 unspecified atom stereocenters. The lowest BCUT2D eigenvalue weighted by atomic mass is 9.97. The van der Waals surface area contributed by atoms with Crippen molar-refractivity contribution in [1.82, 2.24) is 20.2 Å². The van der Waals surface area contributed by atoms with Crippen LogP contribution >= 0.6 is 0 Å². The first kappa shape index (κ1) is 18.8. The molecule has 0 aliphatic heterocycles. The van der Waals surface area contributed by atoms with Gasteiger partial charge in [0, 0.05) is 6.42 Å². The maximum atomic E-state index is 8.87. The molecule has 0 bridgehead atoms. The molecule has 2 atom stereocenters. The van der Waals surface area contributed by atoms with Gasteiger partial charge in [0.15, 0.2) is 5.82 Å². The van der Waals surface area contributed by atoms with Crippen molar-refractivity contribution in [1.29, 1.82) is 5.26 Å². The highest BCUT2D eigenvalue weighted by molar-refractivity contribution is 5.65. The summed E-state index contributed by atoms with van der Waals surface area (Å²) in [7, 11) is 0. The number of allylic oxidation sites excluding steroid dienone is 3. The molecule has 1 aliphatic rings. The number of aromatic nitrogens is 4. The van der Waals surface area contributed by atoms with Crippen LogP contribution in [-0.2, 0) is 13.0 Å². The molecule has 0 spiro atoms. The van der Waals surface area contributed by atoms with Crippen LogP contribution in [0.1, 0.15) is 47.3 Å². The molecular weight excluding hydrogens is 358 g/mol. The molecule has 0 amide bonds. The number of benzene rings is 2. The van der Waals surface area contributed by atoms with E-state index in [0.29, 0.717) is 36.2 Å². The molecule has 1 aromatic heterocycles. The van der Waals surface area contributed by atoms with Crippen molar-refractivity contribution in [3.05, 3.63) is 95.3 Å². The van der Waals surface area contributed by atoms with Crippen molar-refractivity contribution in [3.8, 4) is 6.07 Å². The van der Waals surface area contributed by atoms with E-state index in [1.165, 1.54) is 17.5 Å². The Bertz CT molecular complexity index is 1080. The van der Waals surface area contributed by atoms with Crippen LogP contribution in [0.4, 0.5) is 0 Å². The van der Waals surface area contributed by atoms with E-state index in [0.717, 1.165) is 11.1 Å². The summed E-state index contributed by atoms with van der Waals surface area (Å²) >= 11 is 0. The van der Waals surface area contributed by atoms with E-state index in [1.807, 2.05) is 12.1 Å². The smallest absolute Gasteiger partial charge is 0.179 e. The summed E-state index contributed by atoms with van der Waals surface area (Å²) in [4.78, 5) is 1.62. The number of nitriles is 1. The average Bonchev–Trinajstić information content (AvgIpc) is 3.38. The summed E-state index contributed by atoms with van der Waals surface area (Å²) < 4.78 is 0. The van der Waals surface area contributed by atoms with E-state index in [1.54, 1.807) is 16.9 Å². The molecule has 4 rings (SSSR count). The summed E-state index contributed by atoms with van der Waals surface area (Å²) in [5, 5.41) is 21.6. The topological polar surface area (TPSA) is 67.4 Å². The molecule has 5 heteroatoms. The van der Waals surface area contributed by atoms with Crippen molar-refractivity contribution < 1.29 is 0 Å². The fraction of sp³-hybridized carbons (Fsp3) is 0.250. The number of rotatable bonds is 7. The predicted molar refractivity (Wildman–Crippen MR) is 113 cm³/mol. The highest BCUT2D eigenvalue weighted by atomic mass is 15.6. The van der Waals surface area contributed by atoms with E-state index in [4.69, 9.17) is 5.26 Å². The Hall–Kier alpha value is -3.52. The first-order valence-electron chi connectivity index (χ1n) is 9.81. The zero-order valence-electron chi connectivity index (χ0n) is 16.5. The first-order valence-corrected chi connectivity index (χ1v) is 9.81. The second kappa shape index (κ2) is 8.24. The average molecular weight is 381 g/mol. The molecule has 0 N–H and O–H groups in total. The van der Waals surface area contributed by atoms with Crippen molar-refractivity contribution in [2.75, 3.05) is 0 Å². The molecule has 29 heavy (non-hydrogen) atoms. The maximum Gasteiger partial charge on any atom is 0.179 e.